The zero-order chi connectivity index (χ0) is 12.8. The van der Waals surface area contributed by atoms with Crippen LogP contribution >= 0.6 is 0 Å². The first-order valence-electron chi connectivity index (χ1n) is 5.91. The molecule has 0 aliphatic heterocycles. The first-order chi connectivity index (χ1) is 7.69. The average Bonchev–Trinajstić information content (AvgIpc) is 2.59. The number of aromatic nitrogens is 4. The van der Waals surface area contributed by atoms with Crippen molar-refractivity contribution < 1.29 is 0 Å². The van der Waals surface area contributed by atoms with Crippen molar-refractivity contribution in [3.63, 3.8) is 0 Å². The topological polar surface area (TPSA) is 43.1 Å². The molecule has 17 heavy (non-hydrogen) atoms. The van der Waals surface area contributed by atoms with E-state index in [1.807, 2.05) is 10.5 Å². The largest absolute Gasteiger partial charge is 0.269 e. The third kappa shape index (κ3) is 2.16. The molecule has 0 atom stereocenters. The summed E-state index contributed by atoms with van der Waals surface area (Å²) in [6.07, 6.45) is 1.73. The fourth-order valence-electron chi connectivity index (χ4n) is 1.74. The van der Waals surface area contributed by atoms with Crippen LogP contribution in [0, 0.1) is 0 Å². The van der Waals surface area contributed by atoms with Crippen LogP contribution < -0.4 is 0 Å². The molecule has 4 heteroatoms. The van der Waals surface area contributed by atoms with Gasteiger partial charge in [-0.15, -0.1) is 10.2 Å². The van der Waals surface area contributed by atoms with Crippen molar-refractivity contribution in [1.82, 2.24) is 19.6 Å². The Morgan fingerprint density at radius 1 is 1.00 bits per heavy atom. The van der Waals surface area contributed by atoms with Gasteiger partial charge < -0.3 is 0 Å². The van der Waals surface area contributed by atoms with E-state index < -0.39 is 0 Å². The first kappa shape index (κ1) is 12.0. The van der Waals surface area contributed by atoms with E-state index in [1.54, 1.807) is 6.33 Å². The smallest absolute Gasteiger partial charge is 0.163 e. The molecule has 0 N–H and O–H groups in total. The van der Waals surface area contributed by atoms with Crippen molar-refractivity contribution in [2.24, 2.45) is 0 Å². The van der Waals surface area contributed by atoms with Gasteiger partial charge in [0.2, 0.25) is 0 Å². The van der Waals surface area contributed by atoms with E-state index in [2.05, 4.69) is 51.7 Å². The summed E-state index contributed by atoms with van der Waals surface area (Å²) in [6.45, 7) is 12.9. The lowest BCUT2D eigenvalue weighted by Crippen LogP contribution is -2.23. The molecule has 0 aliphatic carbocycles. The minimum Gasteiger partial charge on any atom is -0.269 e. The van der Waals surface area contributed by atoms with Gasteiger partial charge in [0.15, 0.2) is 5.65 Å². The van der Waals surface area contributed by atoms with E-state index in [0.717, 1.165) is 17.2 Å². The van der Waals surface area contributed by atoms with Crippen molar-refractivity contribution >= 4 is 5.65 Å². The van der Waals surface area contributed by atoms with Gasteiger partial charge in [0.05, 0.1) is 5.69 Å². The Bertz CT molecular complexity index is 541. The summed E-state index contributed by atoms with van der Waals surface area (Å²) >= 11 is 0. The predicted molar refractivity (Wildman–Crippen MR) is 68.2 cm³/mol. The minimum absolute atomic E-state index is 0.0215. The highest BCUT2D eigenvalue weighted by molar-refractivity contribution is 5.41. The number of fused-ring (bicyclic) bond motifs is 1. The van der Waals surface area contributed by atoms with Gasteiger partial charge in [-0.05, 0) is 0 Å². The van der Waals surface area contributed by atoms with E-state index in [9.17, 15) is 0 Å². The predicted octanol–water partition coefficient (Wildman–Crippen LogP) is 2.72. The van der Waals surface area contributed by atoms with Gasteiger partial charge in [0.25, 0.3) is 0 Å². The molecule has 0 saturated carbocycles. The molecule has 2 heterocycles. The lowest BCUT2D eigenvalue weighted by Gasteiger charge is -2.24. The van der Waals surface area contributed by atoms with Gasteiger partial charge >= 0.3 is 0 Å². The number of rotatable bonds is 0. The summed E-state index contributed by atoms with van der Waals surface area (Å²) < 4.78 is 1.97. The summed E-state index contributed by atoms with van der Waals surface area (Å²) in [4.78, 5) is 4.80. The van der Waals surface area contributed by atoms with Crippen LogP contribution in [0.5, 0.6) is 0 Å². The molecule has 0 spiro atoms. The number of hydrogen-bond donors (Lipinski definition) is 0. The maximum Gasteiger partial charge on any atom is 0.163 e. The Morgan fingerprint density at radius 3 is 2.18 bits per heavy atom. The van der Waals surface area contributed by atoms with Crippen molar-refractivity contribution in [3.05, 3.63) is 23.9 Å². The monoisotopic (exact) mass is 232 g/mol. The number of hydrogen-bond acceptors (Lipinski definition) is 3. The summed E-state index contributed by atoms with van der Waals surface area (Å²) in [5, 5.41) is 8.11. The molecule has 0 aliphatic rings. The molecule has 92 valence electrons. The fraction of sp³-hybridized carbons (Fsp3) is 0.615. The molecule has 0 unspecified atom stereocenters. The molecule has 0 saturated heterocycles. The highest BCUT2D eigenvalue weighted by Gasteiger charge is 2.24. The zero-order valence-electron chi connectivity index (χ0n) is 11.4. The van der Waals surface area contributed by atoms with Gasteiger partial charge in [0, 0.05) is 16.9 Å². The second-order valence-electron chi connectivity index (χ2n) is 6.52. The van der Waals surface area contributed by atoms with Crippen molar-refractivity contribution in [2.75, 3.05) is 0 Å². The normalized spacial score (nSPS) is 13.3. The molecule has 0 aromatic carbocycles. The molecule has 0 fully saturated rings. The highest BCUT2D eigenvalue weighted by atomic mass is 15.2. The Labute approximate surface area is 102 Å². The van der Waals surface area contributed by atoms with Crippen molar-refractivity contribution in [1.29, 1.82) is 0 Å². The van der Waals surface area contributed by atoms with Gasteiger partial charge in [-0.3, -0.25) is 4.40 Å². The molecule has 0 amide bonds. The fourth-order valence-corrected chi connectivity index (χ4v) is 1.74. The van der Waals surface area contributed by atoms with Gasteiger partial charge in [-0.25, -0.2) is 4.98 Å². The van der Waals surface area contributed by atoms with Gasteiger partial charge in [-0.2, -0.15) is 0 Å². The van der Waals surface area contributed by atoms with Crippen LogP contribution in [-0.2, 0) is 10.8 Å². The van der Waals surface area contributed by atoms with Crippen LogP contribution in [-0.4, -0.2) is 19.6 Å². The molecular weight excluding hydrogens is 212 g/mol. The van der Waals surface area contributed by atoms with Crippen molar-refractivity contribution in [2.45, 2.75) is 52.4 Å². The second-order valence-corrected chi connectivity index (χ2v) is 6.52. The highest BCUT2D eigenvalue weighted by Crippen LogP contribution is 2.26. The standard InChI is InChI=1S/C13H20N4/c1-12(2,3)9-7-10-16-14-8-17(10)11(15-9)13(4,5)6/h7-8H,1-6H3. The van der Waals surface area contributed by atoms with Crippen LogP contribution in [0.2, 0.25) is 0 Å². The summed E-state index contributed by atoms with van der Waals surface area (Å²) in [5.74, 6) is 1.00. The Morgan fingerprint density at radius 2 is 1.65 bits per heavy atom. The molecule has 0 bridgehead atoms. The maximum absolute atomic E-state index is 4.80. The quantitative estimate of drug-likeness (QED) is 0.701. The minimum atomic E-state index is -0.0259. The molecule has 2 aromatic heterocycles. The van der Waals surface area contributed by atoms with E-state index in [4.69, 9.17) is 4.98 Å². The SMILES string of the molecule is CC(C)(C)c1cc2nncn2c(C(C)(C)C)n1. The van der Waals surface area contributed by atoms with Crippen LogP contribution in [0.4, 0.5) is 0 Å². The Kier molecular flexibility index (Phi) is 2.49. The van der Waals surface area contributed by atoms with Gasteiger partial charge in [-0.1, -0.05) is 41.5 Å². The van der Waals surface area contributed by atoms with Crippen LogP contribution in [0.1, 0.15) is 53.1 Å². The van der Waals surface area contributed by atoms with Crippen LogP contribution in [0.15, 0.2) is 12.4 Å². The second kappa shape index (κ2) is 3.52. The summed E-state index contributed by atoms with van der Waals surface area (Å²) in [5.41, 5.74) is 1.92. The lowest BCUT2D eigenvalue weighted by molar-refractivity contribution is 0.507. The van der Waals surface area contributed by atoms with E-state index in [0.29, 0.717) is 0 Å². The Balaban J connectivity index is 2.76. The Hall–Kier alpha value is -1.45. The van der Waals surface area contributed by atoms with Gasteiger partial charge in [0.1, 0.15) is 12.2 Å². The lowest BCUT2D eigenvalue weighted by atomic mass is 9.90. The molecule has 2 aromatic rings. The molecule has 2 rings (SSSR count). The summed E-state index contributed by atoms with van der Waals surface area (Å²) in [6, 6.07) is 2.02. The van der Waals surface area contributed by atoms with E-state index in [1.165, 1.54) is 0 Å². The number of nitrogens with zero attached hydrogens (tertiary/aromatic N) is 4. The first-order valence-corrected chi connectivity index (χ1v) is 5.91. The third-order valence-corrected chi connectivity index (χ3v) is 2.73. The average molecular weight is 232 g/mol. The maximum atomic E-state index is 4.80. The van der Waals surface area contributed by atoms with Crippen LogP contribution in [0.25, 0.3) is 5.65 Å². The third-order valence-electron chi connectivity index (χ3n) is 2.73. The zero-order valence-corrected chi connectivity index (χ0v) is 11.4. The van der Waals surface area contributed by atoms with E-state index in [-0.39, 0.29) is 10.8 Å². The van der Waals surface area contributed by atoms with Crippen molar-refractivity contribution in [3.8, 4) is 0 Å². The molecule has 0 radical (unpaired) electrons. The van der Waals surface area contributed by atoms with Crippen LogP contribution in [0.3, 0.4) is 0 Å². The summed E-state index contributed by atoms with van der Waals surface area (Å²) in [7, 11) is 0. The molecular formula is C13H20N4. The van der Waals surface area contributed by atoms with E-state index >= 15 is 0 Å². The molecule has 4 nitrogen and oxygen atoms in total.